The van der Waals surface area contributed by atoms with Crippen molar-refractivity contribution in [2.45, 2.75) is 64.1 Å². The first-order valence-electron chi connectivity index (χ1n) is 11.5. The van der Waals surface area contributed by atoms with Gasteiger partial charge in [-0.15, -0.1) is 0 Å². The first kappa shape index (κ1) is 25.7. The van der Waals surface area contributed by atoms with Crippen molar-refractivity contribution in [1.29, 1.82) is 0 Å². The standard InChI is InChI=1S/C24H28N2O9/c1-2-32-22(29)21(34-24(31)35-26-19(27)14-15-20(26)28)16-10-12-17(13-11-16)25-23(30)33-18-8-6-4-3-5-7-9-18/h6,8,10-13,18,21H,2-5,7,9,14-15H2,1H3,(H,25,30)/b8-6-. The minimum Gasteiger partial charge on any atom is -0.463 e. The van der Waals surface area contributed by atoms with Crippen molar-refractivity contribution >= 4 is 35.7 Å². The van der Waals surface area contributed by atoms with Crippen LogP contribution in [0.5, 0.6) is 0 Å². The number of nitrogens with zero attached hydrogens (tertiary/aromatic N) is 1. The number of benzene rings is 1. The molecule has 1 aromatic carbocycles. The summed E-state index contributed by atoms with van der Waals surface area (Å²) in [4.78, 5) is 64.7. The van der Waals surface area contributed by atoms with Gasteiger partial charge in [-0.25, -0.2) is 14.4 Å². The van der Waals surface area contributed by atoms with Crippen molar-refractivity contribution in [3.63, 3.8) is 0 Å². The van der Waals surface area contributed by atoms with Crippen LogP contribution in [0.3, 0.4) is 0 Å². The lowest BCUT2D eigenvalue weighted by Gasteiger charge is -2.19. The highest BCUT2D eigenvalue weighted by Crippen LogP contribution is 2.24. The molecule has 11 heteroatoms. The second-order valence-electron chi connectivity index (χ2n) is 7.93. The first-order chi connectivity index (χ1) is 16.9. The van der Waals surface area contributed by atoms with Gasteiger partial charge < -0.3 is 14.2 Å². The number of rotatable bonds is 7. The molecule has 3 amide bonds. The highest BCUT2D eigenvalue weighted by molar-refractivity contribution is 6.01. The van der Waals surface area contributed by atoms with E-state index in [9.17, 15) is 24.0 Å². The Kier molecular flexibility index (Phi) is 9.22. The fourth-order valence-electron chi connectivity index (χ4n) is 3.57. The zero-order valence-electron chi connectivity index (χ0n) is 19.4. The van der Waals surface area contributed by atoms with Gasteiger partial charge in [0, 0.05) is 24.1 Å². The summed E-state index contributed by atoms with van der Waals surface area (Å²) in [6, 6.07) is 5.90. The molecule has 188 valence electrons. The maximum atomic E-state index is 12.4. The van der Waals surface area contributed by atoms with Crippen molar-refractivity contribution < 1.29 is 43.0 Å². The van der Waals surface area contributed by atoms with Crippen molar-refractivity contribution in [1.82, 2.24) is 5.06 Å². The lowest BCUT2D eigenvalue weighted by molar-refractivity contribution is -0.181. The number of carbonyl (C=O) groups excluding carboxylic acids is 5. The number of hydroxylamine groups is 2. The predicted molar refractivity (Wildman–Crippen MR) is 121 cm³/mol. The van der Waals surface area contributed by atoms with Crippen LogP contribution in [-0.2, 0) is 33.4 Å². The Balaban J connectivity index is 1.62. The summed E-state index contributed by atoms with van der Waals surface area (Å²) in [6.45, 7) is 1.61. The predicted octanol–water partition coefficient (Wildman–Crippen LogP) is 3.95. The topological polar surface area (TPSA) is 138 Å². The normalized spacial score (nSPS) is 19.7. The largest absolute Gasteiger partial charge is 0.535 e. The molecular formula is C24H28N2O9. The van der Waals surface area contributed by atoms with Gasteiger partial charge in [0.15, 0.2) is 0 Å². The maximum Gasteiger partial charge on any atom is 0.535 e. The molecule has 35 heavy (non-hydrogen) atoms. The maximum absolute atomic E-state index is 12.4. The molecule has 2 aliphatic rings. The number of amides is 3. The van der Waals surface area contributed by atoms with Crippen LogP contribution < -0.4 is 5.32 Å². The molecule has 0 saturated carbocycles. The fourth-order valence-corrected chi connectivity index (χ4v) is 3.57. The van der Waals surface area contributed by atoms with Gasteiger partial charge in [0.05, 0.1) is 6.61 Å². The summed E-state index contributed by atoms with van der Waals surface area (Å²) >= 11 is 0. The molecule has 1 heterocycles. The number of anilines is 1. The van der Waals surface area contributed by atoms with E-state index in [0.717, 1.165) is 32.1 Å². The van der Waals surface area contributed by atoms with Crippen LogP contribution >= 0.6 is 0 Å². The molecule has 1 aromatic rings. The molecular weight excluding hydrogens is 460 g/mol. The summed E-state index contributed by atoms with van der Waals surface area (Å²) in [5.41, 5.74) is 0.619. The summed E-state index contributed by atoms with van der Waals surface area (Å²) in [7, 11) is 0. The van der Waals surface area contributed by atoms with Crippen LogP contribution in [0.4, 0.5) is 15.3 Å². The summed E-state index contributed by atoms with van der Waals surface area (Å²) < 4.78 is 15.5. The molecule has 0 aromatic heterocycles. The summed E-state index contributed by atoms with van der Waals surface area (Å²) in [5, 5.41) is 2.93. The molecule has 2 atom stereocenters. The van der Waals surface area contributed by atoms with Crippen LogP contribution in [0.15, 0.2) is 36.4 Å². The molecule has 1 aliphatic heterocycles. The number of hydrogen-bond acceptors (Lipinski definition) is 9. The minimum absolute atomic E-state index is 0.0257. The number of imide groups is 1. The van der Waals surface area contributed by atoms with E-state index in [1.165, 1.54) is 24.3 Å². The van der Waals surface area contributed by atoms with Crippen LogP contribution in [-0.4, -0.2) is 47.8 Å². The third kappa shape index (κ3) is 7.56. The first-order valence-corrected chi connectivity index (χ1v) is 11.5. The zero-order chi connectivity index (χ0) is 25.2. The average molecular weight is 488 g/mol. The number of nitrogens with one attached hydrogen (secondary N) is 1. The quantitative estimate of drug-likeness (QED) is 0.262. The van der Waals surface area contributed by atoms with Crippen molar-refractivity contribution in [3.05, 3.63) is 42.0 Å². The Bertz CT molecular complexity index is 958. The average Bonchev–Trinajstić information content (AvgIpc) is 3.12. The van der Waals surface area contributed by atoms with Crippen LogP contribution in [0.1, 0.15) is 63.5 Å². The van der Waals surface area contributed by atoms with Crippen molar-refractivity contribution in [3.8, 4) is 0 Å². The van der Waals surface area contributed by atoms with Gasteiger partial charge in [0.25, 0.3) is 11.8 Å². The molecule has 1 N–H and O–H groups in total. The Morgan fingerprint density at radius 2 is 1.77 bits per heavy atom. The smallest absolute Gasteiger partial charge is 0.463 e. The van der Waals surface area contributed by atoms with Gasteiger partial charge >= 0.3 is 18.2 Å². The number of allylic oxidation sites excluding steroid dienone is 1. The molecule has 2 unspecified atom stereocenters. The van der Waals surface area contributed by atoms with Crippen LogP contribution in [0, 0.1) is 0 Å². The molecule has 0 radical (unpaired) electrons. The Labute approximate surface area is 202 Å². The molecule has 0 spiro atoms. The van der Waals surface area contributed by atoms with Gasteiger partial charge in [-0.2, -0.15) is 0 Å². The van der Waals surface area contributed by atoms with E-state index in [-0.39, 0.29) is 31.1 Å². The second kappa shape index (κ2) is 12.5. The van der Waals surface area contributed by atoms with Gasteiger partial charge in [-0.05, 0) is 50.8 Å². The monoisotopic (exact) mass is 488 g/mol. The Morgan fingerprint density at radius 3 is 2.46 bits per heavy atom. The van der Waals surface area contributed by atoms with E-state index in [2.05, 4.69) is 10.2 Å². The van der Waals surface area contributed by atoms with Gasteiger partial charge in [-0.3, -0.25) is 19.7 Å². The summed E-state index contributed by atoms with van der Waals surface area (Å²) in [6.07, 6.45) is 4.83. The number of esters is 1. The van der Waals surface area contributed by atoms with E-state index in [1.54, 1.807) is 6.92 Å². The lowest BCUT2D eigenvalue weighted by atomic mass is 10.0. The summed E-state index contributed by atoms with van der Waals surface area (Å²) in [5.74, 6) is -2.24. The van der Waals surface area contributed by atoms with Crippen LogP contribution in [0.25, 0.3) is 0 Å². The Morgan fingerprint density at radius 1 is 1.06 bits per heavy atom. The van der Waals surface area contributed by atoms with E-state index in [0.29, 0.717) is 10.8 Å². The fraction of sp³-hybridized carbons (Fsp3) is 0.458. The number of carbonyl (C=O) groups is 5. The van der Waals surface area contributed by atoms with E-state index >= 15 is 0 Å². The van der Waals surface area contributed by atoms with E-state index in [4.69, 9.17) is 14.2 Å². The third-order valence-corrected chi connectivity index (χ3v) is 5.31. The zero-order valence-corrected chi connectivity index (χ0v) is 19.4. The third-order valence-electron chi connectivity index (χ3n) is 5.31. The highest BCUT2D eigenvalue weighted by atomic mass is 16.8. The Hall–Kier alpha value is -3.89. The highest BCUT2D eigenvalue weighted by Gasteiger charge is 2.35. The van der Waals surface area contributed by atoms with E-state index in [1.807, 2.05) is 12.2 Å². The van der Waals surface area contributed by atoms with Crippen LogP contribution in [0.2, 0.25) is 0 Å². The molecule has 1 fully saturated rings. The lowest BCUT2D eigenvalue weighted by Crippen LogP contribution is -2.33. The van der Waals surface area contributed by atoms with Gasteiger partial charge in [0.2, 0.25) is 6.10 Å². The molecule has 0 bridgehead atoms. The van der Waals surface area contributed by atoms with E-state index < -0.39 is 36.1 Å². The minimum atomic E-state index is -1.52. The van der Waals surface area contributed by atoms with Crippen molar-refractivity contribution in [2.24, 2.45) is 0 Å². The van der Waals surface area contributed by atoms with Gasteiger partial charge in [-0.1, -0.05) is 29.7 Å². The number of ether oxygens (including phenoxy) is 3. The second-order valence-corrected chi connectivity index (χ2v) is 7.93. The number of hydrogen-bond donors (Lipinski definition) is 1. The SMILES string of the molecule is CCOC(=O)C(OC(=O)ON1C(=O)CCC1=O)c1ccc(NC(=O)OC2/C=C\CCCCC2)cc1. The molecule has 1 saturated heterocycles. The van der Waals surface area contributed by atoms with Crippen molar-refractivity contribution in [2.75, 3.05) is 11.9 Å². The van der Waals surface area contributed by atoms with Gasteiger partial charge in [0.1, 0.15) is 6.10 Å². The molecule has 11 nitrogen and oxygen atoms in total. The molecule has 3 rings (SSSR count). The molecule has 1 aliphatic carbocycles.